The zero-order valence-corrected chi connectivity index (χ0v) is 19.9. The number of halogens is 2. The summed E-state index contributed by atoms with van der Waals surface area (Å²) < 4.78 is 35.8. The fourth-order valence-electron chi connectivity index (χ4n) is 3.90. The first-order valence-electron chi connectivity index (χ1n) is 11.2. The Bertz CT molecular complexity index is 1170. The lowest BCUT2D eigenvalue weighted by atomic mass is 9.86. The molecule has 1 heterocycles. The maximum atomic E-state index is 13.1. The van der Waals surface area contributed by atoms with Crippen LogP contribution in [0.25, 0.3) is 12.2 Å². The Morgan fingerprint density at radius 1 is 1.24 bits per heavy atom. The van der Waals surface area contributed by atoms with Crippen molar-refractivity contribution in [3.63, 3.8) is 0 Å². The smallest absolute Gasteiger partial charge is 0.387 e. The Morgan fingerprint density at radius 2 is 1.94 bits per heavy atom. The number of esters is 1. The third-order valence-corrected chi connectivity index (χ3v) is 6.69. The number of ether oxygens (including phenoxy) is 2. The van der Waals surface area contributed by atoms with Crippen LogP contribution >= 0.6 is 11.3 Å². The molecule has 1 aliphatic rings. The molecule has 1 aromatic carbocycles. The van der Waals surface area contributed by atoms with E-state index >= 15 is 0 Å². The van der Waals surface area contributed by atoms with Crippen molar-refractivity contribution in [2.45, 2.75) is 58.7 Å². The SMILES string of the molecule is CCOC(=O)/C=c1\s/c(=C/c2ccc(OC(F)F)cc2)c(=O)n1CC(=O)N[C@H]1CCCC[C@@H]1C. The molecule has 1 aliphatic carbocycles. The van der Waals surface area contributed by atoms with E-state index in [1.165, 1.54) is 34.9 Å². The largest absolute Gasteiger partial charge is 0.463 e. The van der Waals surface area contributed by atoms with Crippen molar-refractivity contribution in [1.29, 1.82) is 0 Å². The molecular formula is C24H28F2N2O5S. The van der Waals surface area contributed by atoms with Gasteiger partial charge in [0.15, 0.2) is 0 Å². The fraction of sp³-hybridized carbons (Fsp3) is 0.458. The molecule has 1 N–H and O–H groups in total. The van der Waals surface area contributed by atoms with E-state index in [9.17, 15) is 23.2 Å². The Morgan fingerprint density at radius 3 is 2.59 bits per heavy atom. The average molecular weight is 495 g/mol. The number of nitrogens with one attached hydrogen (secondary N) is 1. The van der Waals surface area contributed by atoms with Crippen LogP contribution in [0.2, 0.25) is 0 Å². The summed E-state index contributed by atoms with van der Waals surface area (Å²) in [5.74, 6) is -0.542. The van der Waals surface area contributed by atoms with Crippen molar-refractivity contribution in [2.24, 2.45) is 5.92 Å². The van der Waals surface area contributed by atoms with Crippen LogP contribution in [0.4, 0.5) is 8.78 Å². The molecule has 1 aromatic heterocycles. The minimum Gasteiger partial charge on any atom is -0.463 e. The molecule has 1 saturated carbocycles. The van der Waals surface area contributed by atoms with E-state index in [2.05, 4.69) is 17.0 Å². The van der Waals surface area contributed by atoms with Crippen molar-refractivity contribution >= 4 is 35.4 Å². The molecule has 2 atom stereocenters. The lowest BCUT2D eigenvalue weighted by Gasteiger charge is -2.29. The third kappa shape index (κ3) is 6.99. The molecule has 0 saturated heterocycles. The van der Waals surface area contributed by atoms with E-state index in [1.807, 2.05) is 0 Å². The highest BCUT2D eigenvalue weighted by atomic mass is 32.1. The van der Waals surface area contributed by atoms with E-state index in [-0.39, 0.29) is 35.4 Å². The molecule has 0 radical (unpaired) electrons. The lowest BCUT2D eigenvalue weighted by molar-refractivity contribution is -0.135. The standard InChI is InChI=1S/C24H28F2N2O5S/c1-3-32-22(30)13-21-28(14-20(29)27-18-7-5-4-6-15(18)2)23(31)19(34-21)12-16-8-10-17(11-9-16)33-24(25)26/h8-13,15,18,24H,3-7,14H2,1-2H3,(H,27,29)/b19-12+,21-13-/t15-,18-/m0/s1. The van der Waals surface area contributed by atoms with Crippen LogP contribution in [0.15, 0.2) is 29.1 Å². The minimum atomic E-state index is -2.93. The van der Waals surface area contributed by atoms with Gasteiger partial charge in [0.1, 0.15) is 17.0 Å². The van der Waals surface area contributed by atoms with Gasteiger partial charge >= 0.3 is 12.6 Å². The molecular weight excluding hydrogens is 466 g/mol. The second kappa shape index (κ2) is 11.9. The van der Waals surface area contributed by atoms with Crippen LogP contribution in [-0.2, 0) is 20.9 Å². The van der Waals surface area contributed by atoms with Gasteiger partial charge in [0, 0.05) is 6.04 Å². The number of hydrogen-bond donors (Lipinski definition) is 1. The van der Waals surface area contributed by atoms with Gasteiger partial charge in [-0.2, -0.15) is 8.78 Å². The van der Waals surface area contributed by atoms with Crippen molar-refractivity contribution in [2.75, 3.05) is 6.61 Å². The van der Waals surface area contributed by atoms with Gasteiger partial charge in [0.2, 0.25) is 5.91 Å². The molecule has 34 heavy (non-hydrogen) atoms. The monoisotopic (exact) mass is 494 g/mol. The quantitative estimate of drug-likeness (QED) is 0.570. The highest BCUT2D eigenvalue weighted by Crippen LogP contribution is 2.23. The topological polar surface area (TPSA) is 86.6 Å². The summed E-state index contributed by atoms with van der Waals surface area (Å²) in [5, 5.41) is 3.02. The van der Waals surface area contributed by atoms with Crippen molar-refractivity contribution in [3.8, 4) is 5.75 Å². The number of amides is 1. The number of nitrogens with zero attached hydrogens (tertiary/aromatic N) is 1. The number of hydrogen-bond acceptors (Lipinski definition) is 6. The molecule has 10 heteroatoms. The number of benzene rings is 1. The van der Waals surface area contributed by atoms with Gasteiger partial charge in [-0.25, -0.2) is 4.79 Å². The predicted octanol–water partition coefficient (Wildman–Crippen LogP) is 2.38. The highest BCUT2D eigenvalue weighted by molar-refractivity contribution is 7.07. The van der Waals surface area contributed by atoms with Gasteiger partial charge in [-0.1, -0.05) is 31.9 Å². The number of thiazole rings is 1. The zero-order valence-electron chi connectivity index (χ0n) is 19.1. The highest BCUT2D eigenvalue weighted by Gasteiger charge is 2.23. The van der Waals surface area contributed by atoms with Crippen molar-refractivity contribution < 1.29 is 27.8 Å². The molecule has 3 rings (SSSR count). The van der Waals surface area contributed by atoms with Crippen molar-refractivity contribution in [1.82, 2.24) is 9.88 Å². The Hall–Kier alpha value is -3.01. The Kier molecular flexibility index (Phi) is 8.98. The van der Waals surface area contributed by atoms with Gasteiger partial charge in [0.25, 0.3) is 5.56 Å². The molecule has 0 spiro atoms. The average Bonchev–Trinajstić information content (AvgIpc) is 3.05. The first-order valence-corrected chi connectivity index (χ1v) is 12.0. The number of rotatable bonds is 8. The fourth-order valence-corrected chi connectivity index (χ4v) is 4.93. The van der Waals surface area contributed by atoms with Crippen LogP contribution in [0.1, 0.15) is 45.1 Å². The Balaban J connectivity index is 1.91. The lowest BCUT2D eigenvalue weighted by Crippen LogP contribution is -2.45. The molecule has 0 unspecified atom stereocenters. The normalized spacial score (nSPS) is 19.3. The van der Waals surface area contributed by atoms with Gasteiger partial charge in [-0.15, -0.1) is 11.3 Å². The van der Waals surface area contributed by atoms with Gasteiger partial charge in [-0.05, 0) is 49.5 Å². The van der Waals surface area contributed by atoms with E-state index in [0.717, 1.165) is 37.0 Å². The predicted molar refractivity (Wildman–Crippen MR) is 125 cm³/mol. The minimum absolute atomic E-state index is 0.000635. The van der Waals surface area contributed by atoms with Crippen LogP contribution < -0.4 is 24.8 Å². The van der Waals surface area contributed by atoms with Gasteiger partial charge in [-0.3, -0.25) is 14.2 Å². The molecule has 1 fully saturated rings. The van der Waals surface area contributed by atoms with Crippen molar-refractivity contribution in [3.05, 3.63) is 49.4 Å². The second-order valence-corrected chi connectivity index (χ2v) is 9.18. The van der Waals surface area contributed by atoms with E-state index in [1.54, 1.807) is 13.0 Å². The number of carbonyl (C=O) groups excluding carboxylic acids is 2. The summed E-state index contributed by atoms with van der Waals surface area (Å²) in [6.45, 7) is 0.802. The van der Waals surface area contributed by atoms with E-state index < -0.39 is 18.1 Å². The van der Waals surface area contributed by atoms with Crippen LogP contribution in [0.3, 0.4) is 0 Å². The van der Waals surface area contributed by atoms with Crippen LogP contribution in [0.5, 0.6) is 5.75 Å². The number of alkyl halides is 2. The second-order valence-electron chi connectivity index (χ2n) is 8.12. The Labute approximate surface area is 199 Å². The van der Waals surface area contributed by atoms with Gasteiger partial charge < -0.3 is 14.8 Å². The summed E-state index contributed by atoms with van der Waals surface area (Å²) in [7, 11) is 0. The summed E-state index contributed by atoms with van der Waals surface area (Å²) >= 11 is 1.05. The summed E-state index contributed by atoms with van der Waals surface area (Å²) in [5.41, 5.74) is 0.149. The van der Waals surface area contributed by atoms with Gasteiger partial charge in [0.05, 0.1) is 17.2 Å². The maximum absolute atomic E-state index is 13.1. The summed E-state index contributed by atoms with van der Waals surface area (Å²) in [6, 6.07) is 5.87. The molecule has 184 valence electrons. The van der Waals surface area contributed by atoms with E-state index in [0.29, 0.717) is 16.1 Å². The molecule has 0 bridgehead atoms. The molecule has 7 nitrogen and oxygen atoms in total. The van der Waals surface area contributed by atoms with Crippen LogP contribution in [-0.4, -0.2) is 35.7 Å². The maximum Gasteiger partial charge on any atom is 0.387 e. The number of carbonyl (C=O) groups is 2. The molecule has 2 aromatic rings. The van der Waals surface area contributed by atoms with Crippen LogP contribution in [0, 0.1) is 5.92 Å². The third-order valence-electron chi connectivity index (χ3n) is 5.63. The summed E-state index contributed by atoms with van der Waals surface area (Å²) in [6.07, 6.45) is 6.91. The number of aromatic nitrogens is 1. The summed E-state index contributed by atoms with van der Waals surface area (Å²) in [4.78, 5) is 37.9. The molecule has 0 aliphatic heterocycles. The first-order chi connectivity index (χ1) is 16.3. The zero-order chi connectivity index (χ0) is 24.7. The first kappa shape index (κ1) is 25.6. The van der Waals surface area contributed by atoms with E-state index in [4.69, 9.17) is 4.74 Å². The molecule has 1 amide bonds.